The minimum absolute atomic E-state index is 0.193. The molecule has 1 aromatic rings. The van der Waals surface area contributed by atoms with Crippen molar-refractivity contribution in [3.05, 3.63) is 34.3 Å². The summed E-state index contributed by atoms with van der Waals surface area (Å²) >= 11 is 3.17. The predicted molar refractivity (Wildman–Crippen MR) is 50.9 cm³/mol. The molecule has 2 nitrogen and oxygen atoms in total. The van der Waals surface area contributed by atoms with Crippen molar-refractivity contribution >= 4 is 28.3 Å². The predicted octanol–water partition coefficient (Wildman–Crippen LogP) is 2.37. The van der Waals surface area contributed by atoms with Gasteiger partial charge in [0, 0.05) is 0 Å². The molecule has 12 heavy (non-hydrogen) atoms. The Balaban J connectivity index is 2.96. The van der Waals surface area contributed by atoms with Crippen LogP contribution in [-0.4, -0.2) is 11.4 Å². The van der Waals surface area contributed by atoms with Crippen molar-refractivity contribution in [1.29, 1.82) is 0 Å². The molecule has 3 heteroatoms. The van der Waals surface area contributed by atoms with Crippen molar-refractivity contribution in [2.75, 3.05) is 0 Å². The van der Waals surface area contributed by atoms with Gasteiger partial charge in [-0.2, -0.15) is 0 Å². The highest BCUT2D eigenvalue weighted by atomic mass is 79.9. The molecule has 0 spiro atoms. The maximum atomic E-state index is 9.98. The number of aldehydes is 1. The number of phenols is 1. The summed E-state index contributed by atoms with van der Waals surface area (Å²) in [5.74, 6) is 0.193. The van der Waals surface area contributed by atoms with E-state index in [9.17, 15) is 4.79 Å². The molecule has 0 aliphatic rings. The van der Waals surface area contributed by atoms with E-state index in [1.54, 1.807) is 24.3 Å². The number of halogens is 1. The molecule has 0 saturated heterocycles. The molecule has 0 amide bonds. The van der Waals surface area contributed by atoms with Crippen molar-refractivity contribution in [2.45, 2.75) is 0 Å². The van der Waals surface area contributed by atoms with Crippen LogP contribution in [-0.2, 0) is 4.79 Å². The number of carbonyl (C=O) groups is 1. The average Bonchev–Trinajstić information content (AvgIpc) is 2.07. The lowest BCUT2D eigenvalue weighted by Crippen LogP contribution is -1.73. The summed E-state index contributed by atoms with van der Waals surface area (Å²) in [7, 11) is 0. The standard InChI is InChI=1S/C9H7BrO2/c10-8-6-7(2-1-5-11)3-4-9(8)12/h1-6,12H. The Morgan fingerprint density at radius 2 is 2.17 bits per heavy atom. The second kappa shape index (κ2) is 4.07. The van der Waals surface area contributed by atoms with Gasteiger partial charge in [-0.3, -0.25) is 4.79 Å². The molecule has 1 aromatic carbocycles. The molecule has 0 heterocycles. The molecular formula is C9H7BrO2. The molecule has 62 valence electrons. The number of carbonyl (C=O) groups excluding carboxylic acids is 1. The average molecular weight is 227 g/mol. The van der Waals surface area contributed by atoms with Gasteiger partial charge in [0.1, 0.15) is 12.0 Å². The molecule has 1 N–H and O–H groups in total. The molecule has 0 bridgehead atoms. The van der Waals surface area contributed by atoms with Gasteiger partial charge < -0.3 is 5.11 Å². The van der Waals surface area contributed by atoms with Gasteiger partial charge in [0.25, 0.3) is 0 Å². The molecule has 0 radical (unpaired) electrons. The van der Waals surface area contributed by atoms with Crippen molar-refractivity contribution in [2.24, 2.45) is 0 Å². The second-order valence-electron chi connectivity index (χ2n) is 2.21. The van der Waals surface area contributed by atoms with Crippen LogP contribution in [0.3, 0.4) is 0 Å². The maximum absolute atomic E-state index is 9.98. The van der Waals surface area contributed by atoms with E-state index in [2.05, 4.69) is 15.9 Å². The molecule has 0 aliphatic carbocycles. The van der Waals surface area contributed by atoms with Crippen LogP contribution in [0.1, 0.15) is 5.56 Å². The summed E-state index contributed by atoms with van der Waals surface area (Å²) in [5.41, 5.74) is 0.867. The normalized spacial score (nSPS) is 10.4. The van der Waals surface area contributed by atoms with Crippen LogP contribution in [0.15, 0.2) is 28.7 Å². The molecule has 0 atom stereocenters. The highest BCUT2D eigenvalue weighted by molar-refractivity contribution is 9.10. The van der Waals surface area contributed by atoms with Crippen molar-refractivity contribution < 1.29 is 9.90 Å². The summed E-state index contributed by atoms with van der Waals surface area (Å²) < 4.78 is 0.621. The fourth-order valence-electron chi connectivity index (χ4n) is 0.777. The zero-order valence-electron chi connectivity index (χ0n) is 6.20. The van der Waals surface area contributed by atoms with E-state index in [-0.39, 0.29) is 5.75 Å². The van der Waals surface area contributed by atoms with E-state index in [1.807, 2.05) is 0 Å². The van der Waals surface area contributed by atoms with Gasteiger partial charge in [-0.25, -0.2) is 0 Å². The van der Waals surface area contributed by atoms with Crippen LogP contribution in [0, 0.1) is 0 Å². The minimum atomic E-state index is 0.193. The largest absolute Gasteiger partial charge is 0.507 e. The highest BCUT2D eigenvalue weighted by Gasteiger charge is 1.95. The Morgan fingerprint density at radius 1 is 1.42 bits per heavy atom. The number of phenolic OH excluding ortho intramolecular Hbond substituents is 1. The molecule has 0 saturated carbocycles. The quantitative estimate of drug-likeness (QED) is 0.622. The van der Waals surface area contributed by atoms with Crippen LogP contribution in [0.2, 0.25) is 0 Å². The number of rotatable bonds is 2. The SMILES string of the molecule is O=CC=Cc1ccc(O)c(Br)c1. The Bertz CT molecular complexity index is 318. The monoisotopic (exact) mass is 226 g/mol. The first-order chi connectivity index (χ1) is 5.74. The summed E-state index contributed by atoms with van der Waals surface area (Å²) in [6.07, 6.45) is 3.77. The third-order valence-electron chi connectivity index (χ3n) is 1.34. The Labute approximate surface area is 78.7 Å². The maximum Gasteiger partial charge on any atom is 0.142 e. The lowest BCUT2D eigenvalue weighted by molar-refractivity contribution is -0.104. The fraction of sp³-hybridized carbons (Fsp3) is 0. The van der Waals surface area contributed by atoms with Crippen LogP contribution < -0.4 is 0 Å². The number of hydrogen-bond acceptors (Lipinski definition) is 2. The first kappa shape index (κ1) is 9.00. The van der Waals surface area contributed by atoms with E-state index in [4.69, 9.17) is 5.11 Å². The lowest BCUT2D eigenvalue weighted by Gasteiger charge is -1.96. The fourth-order valence-corrected chi connectivity index (χ4v) is 1.17. The summed E-state index contributed by atoms with van der Waals surface area (Å²) in [5, 5.41) is 9.13. The molecule has 0 fully saturated rings. The van der Waals surface area contributed by atoms with Gasteiger partial charge in [-0.15, -0.1) is 0 Å². The van der Waals surface area contributed by atoms with E-state index in [0.717, 1.165) is 5.56 Å². The number of aromatic hydroxyl groups is 1. The number of allylic oxidation sites excluding steroid dienone is 1. The Kier molecular flexibility index (Phi) is 3.05. The van der Waals surface area contributed by atoms with E-state index < -0.39 is 0 Å². The van der Waals surface area contributed by atoms with Crippen molar-refractivity contribution in [1.82, 2.24) is 0 Å². The highest BCUT2D eigenvalue weighted by Crippen LogP contribution is 2.24. The van der Waals surface area contributed by atoms with Crippen LogP contribution >= 0.6 is 15.9 Å². The lowest BCUT2D eigenvalue weighted by atomic mass is 10.2. The first-order valence-electron chi connectivity index (χ1n) is 3.34. The van der Waals surface area contributed by atoms with Crippen LogP contribution in [0.25, 0.3) is 6.08 Å². The van der Waals surface area contributed by atoms with E-state index in [1.165, 1.54) is 6.08 Å². The van der Waals surface area contributed by atoms with Gasteiger partial charge in [0.15, 0.2) is 0 Å². The Morgan fingerprint density at radius 3 is 2.75 bits per heavy atom. The zero-order valence-corrected chi connectivity index (χ0v) is 7.78. The van der Waals surface area contributed by atoms with Crippen molar-refractivity contribution in [3.8, 4) is 5.75 Å². The minimum Gasteiger partial charge on any atom is -0.507 e. The van der Waals surface area contributed by atoms with Gasteiger partial charge >= 0.3 is 0 Å². The van der Waals surface area contributed by atoms with Crippen LogP contribution in [0.5, 0.6) is 5.75 Å². The third kappa shape index (κ3) is 2.20. The third-order valence-corrected chi connectivity index (χ3v) is 1.97. The van der Waals surface area contributed by atoms with Crippen molar-refractivity contribution in [3.63, 3.8) is 0 Å². The summed E-state index contributed by atoms with van der Waals surface area (Å²) in [4.78, 5) is 9.98. The molecular weight excluding hydrogens is 220 g/mol. The van der Waals surface area contributed by atoms with E-state index >= 15 is 0 Å². The number of benzene rings is 1. The first-order valence-corrected chi connectivity index (χ1v) is 4.13. The van der Waals surface area contributed by atoms with Gasteiger partial charge in [0.2, 0.25) is 0 Å². The number of hydrogen-bond donors (Lipinski definition) is 1. The molecule has 0 aliphatic heterocycles. The zero-order chi connectivity index (χ0) is 8.97. The molecule has 0 unspecified atom stereocenters. The van der Waals surface area contributed by atoms with Gasteiger partial charge in [0.05, 0.1) is 4.47 Å². The van der Waals surface area contributed by atoms with Gasteiger partial charge in [-0.05, 0) is 39.7 Å². The Hall–Kier alpha value is -1.09. The topological polar surface area (TPSA) is 37.3 Å². The molecule has 1 rings (SSSR count). The van der Waals surface area contributed by atoms with Gasteiger partial charge in [-0.1, -0.05) is 12.1 Å². The summed E-state index contributed by atoms with van der Waals surface area (Å²) in [6.45, 7) is 0. The second-order valence-corrected chi connectivity index (χ2v) is 3.06. The summed E-state index contributed by atoms with van der Waals surface area (Å²) in [6, 6.07) is 5.02. The van der Waals surface area contributed by atoms with Crippen LogP contribution in [0.4, 0.5) is 0 Å². The van der Waals surface area contributed by atoms with E-state index in [0.29, 0.717) is 10.8 Å². The molecule has 0 aromatic heterocycles. The smallest absolute Gasteiger partial charge is 0.142 e.